The van der Waals surface area contributed by atoms with Crippen LogP contribution in [0.1, 0.15) is 5.82 Å². The number of aromatic nitrogens is 3. The maximum absolute atomic E-state index is 9.60. The summed E-state index contributed by atoms with van der Waals surface area (Å²) in [5, 5.41) is 6.00. The second-order valence-electron chi connectivity index (χ2n) is 1.12. The van der Waals surface area contributed by atoms with Gasteiger partial charge < -0.3 is 0 Å². The Bertz CT molecular complexity index is 197. The topological polar surface area (TPSA) is 58.6 Å². The maximum atomic E-state index is 9.60. The van der Waals surface area contributed by atoms with E-state index in [1.54, 1.807) is 5.94 Å². The second kappa shape index (κ2) is 2.04. The van der Waals surface area contributed by atoms with Crippen molar-refractivity contribution < 1.29 is 4.79 Å². The first-order valence-corrected chi connectivity index (χ1v) is 2.00. The van der Waals surface area contributed by atoms with Crippen molar-refractivity contribution in [3.63, 3.8) is 0 Å². The fourth-order valence-corrected chi connectivity index (χ4v) is 0.341. The van der Waals surface area contributed by atoms with Crippen LogP contribution in [0.2, 0.25) is 0 Å². The largest absolute Gasteiger partial charge is 0.265 e. The Morgan fingerprint density at radius 2 is 2.75 bits per heavy atom. The van der Waals surface area contributed by atoms with Crippen molar-refractivity contribution in [3.05, 3.63) is 12.2 Å². The summed E-state index contributed by atoms with van der Waals surface area (Å²) in [5.41, 5.74) is 0. The molecule has 1 aromatic rings. The van der Waals surface area contributed by atoms with Crippen molar-refractivity contribution >= 4 is 12.0 Å². The summed E-state index contributed by atoms with van der Waals surface area (Å²) in [6.07, 6.45) is 2.54. The van der Waals surface area contributed by atoms with Gasteiger partial charge in [-0.3, -0.25) is 5.10 Å². The molecule has 0 aliphatic carbocycles. The lowest BCUT2D eigenvalue weighted by Gasteiger charge is -1.66. The molecule has 0 atom stereocenters. The van der Waals surface area contributed by atoms with E-state index < -0.39 is 0 Å². The van der Waals surface area contributed by atoms with Crippen LogP contribution >= 0.6 is 0 Å². The number of carbonyl (C=O) groups excluding carboxylic acids is 1. The molecule has 0 spiro atoms. The SMILES string of the molecule is O=C=Cc1nc[nH]n1. The van der Waals surface area contributed by atoms with E-state index in [1.165, 1.54) is 6.33 Å². The quantitative estimate of drug-likeness (QED) is 0.501. The summed E-state index contributed by atoms with van der Waals surface area (Å²) < 4.78 is 0. The molecule has 0 saturated carbocycles. The van der Waals surface area contributed by atoms with Gasteiger partial charge in [-0.05, 0) is 0 Å². The number of nitrogens with one attached hydrogen (secondary N) is 1. The van der Waals surface area contributed by atoms with E-state index in [2.05, 4.69) is 15.2 Å². The number of hydrogen-bond donors (Lipinski definition) is 1. The first-order chi connectivity index (χ1) is 3.93. The predicted octanol–water partition coefficient (Wildman–Crippen LogP) is -0.350. The number of hydrogen-bond acceptors (Lipinski definition) is 3. The molecule has 40 valence electrons. The molecule has 0 saturated heterocycles. The van der Waals surface area contributed by atoms with Gasteiger partial charge in [0.05, 0.1) is 6.08 Å². The van der Waals surface area contributed by atoms with Gasteiger partial charge in [0.1, 0.15) is 12.3 Å². The molecule has 0 bridgehead atoms. The molecular formula is C4H3N3O. The lowest BCUT2D eigenvalue weighted by molar-refractivity contribution is 0.570. The van der Waals surface area contributed by atoms with Crippen LogP contribution in [-0.4, -0.2) is 21.1 Å². The van der Waals surface area contributed by atoms with E-state index in [1.807, 2.05) is 0 Å². The van der Waals surface area contributed by atoms with Crippen LogP contribution < -0.4 is 0 Å². The zero-order chi connectivity index (χ0) is 5.82. The number of nitrogens with zero attached hydrogens (tertiary/aromatic N) is 2. The molecule has 0 aliphatic heterocycles. The highest BCUT2D eigenvalue weighted by Crippen LogP contribution is 1.81. The van der Waals surface area contributed by atoms with Crippen molar-refractivity contribution in [2.45, 2.75) is 0 Å². The Balaban J connectivity index is 2.93. The molecule has 1 rings (SSSR count). The van der Waals surface area contributed by atoms with Gasteiger partial charge in [-0.25, -0.2) is 9.78 Å². The fourth-order valence-electron chi connectivity index (χ4n) is 0.341. The van der Waals surface area contributed by atoms with Gasteiger partial charge in [-0.15, -0.1) is 0 Å². The average molecular weight is 109 g/mol. The van der Waals surface area contributed by atoms with Gasteiger partial charge in [-0.1, -0.05) is 0 Å². The third kappa shape index (κ3) is 0.802. The molecule has 4 heteroatoms. The Morgan fingerprint density at radius 3 is 3.25 bits per heavy atom. The lowest BCUT2D eigenvalue weighted by atomic mass is 10.6. The molecule has 0 aliphatic rings. The van der Waals surface area contributed by atoms with Crippen molar-refractivity contribution in [2.24, 2.45) is 0 Å². The van der Waals surface area contributed by atoms with Crippen LogP contribution in [-0.2, 0) is 4.79 Å². The monoisotopic (exact) mass is 109 g/mol. The molecule has 1 N–H and O–H groups in total. The van der Waals surface area contributed by atoms with Gasteiger partial charge in [-0.2, -0.15) is 5.10 Å². The van der Waals surface area contributed by atoms with Crippen LogP contribution in [0.25, 0.3) is 6.08 Å². The molecule has 8 heavy (non-hydrogen) atoms. The second-order valence-corrected chi connectivity index (χ2v) is 1.12. The Hall–Kier alpha value is -1.41. The molecule has 0 unspecified atom stereocenters. The highest BCUT2D eigenvalue weighted by Gasteiger charge is 1.84. The summed E-state index contributed by atoms with van der Waals surface area (Å²) in [4.78, 5) is 13.2. The molecule has 0 radical (unpaired) electrons. The van der Waals surface area contributed by atoms with Gasteiger partial charge in [0, 0.05) is 0 Å². The third-order valence-electron chi connectivity index (χ3n) is 0.622. The summed E-state index contributed by atoms with van der Waals surface area (Å²) in [6.45, 7) is 0. The van der Waals surface area contributed by atoms with Crippen LogP contribution in [0, 0.1) is 0 Å². The average Bonchev–Trinajstić information content (AvgIpc) is 2.19. The van der Waals surface area contributed by atoms with Crippen molar-refractivity contribution in [3.8, 4) is 0 Å². The zero-order valence-electron chi connectivity index (χ0n) is 3.96. The number of rotatable bonds is 1. The van der Waals surface area contributed by atoms with E-state index in [-0.39, 0.29) is 0 Å². The molecule has 4 nitrogen and oxygen atoms in total. The van der Waals surface area contributed by atoms with Crippen LogP contribution in [0.5, 0.6) is 0 Å². The van der Waals surface area contributed by atoms with Gasteiger partial charge in [0.25, 0.3) is 0 Å². The predicted molar refractivity (Wildman–Crippen MR) is 26.5 cm³/mol. The molecule has 0 fully saturated rings. The standard InChI is InChI=1S/C4H3N3O/c8-2-1-4-5-3-6-7-4/h1,3H,(H,5,6,7). The number of aromatic amines is 1. The first kappa shape index (κ1) is 4.74. The molecule has 0 amide bonds. The fraction of sp³-hybridized carbons (Fsp3) is 0. The highest BCUT2D eigenvalue weighted by atomic mass is 16.1. The van der Waals surface area contributed by atoms with Crippen molar-refractivity contribution in [2.75, 3.05) is 0 Å². The summed E-state index contributed by atoms with van der Waals surface area (Å²) in [7, 11) is 0. The Morgan fingerprint density at radius 1 is 1.88 bits per heavy atom. The smallest absolute Gasteiger partial charge is 0.184 e. The number of H-pyrrole nitrogens is 1. The van der Waals surface area contributed by atoms with Gasteiger partial charge in [0.15, 0.2) is 5.82 Å². The zero-order valence-corrected chi connectivity index (χ0v) is 3.96. The first-order valence-electron chi connectivity index (χ1n) is 2.00. The molecule has 1 aromatic heterocycles. The minimum Gasteiger partial charge on any atom is -0.265 e. The van der Waals surface area contributed by atoms with Gasteiger partial charge >= 0.3 is 0 Å². The minimum absolute atomic E-state index is 0.361. The van der Waals surface area contributed by atoms with E-state index in [4.69, 9.17) is 0 Å². The van der Waals surface area contributed by atoms with E-state index >= 15 is 0 Å². The van der Waals surface area contributed by atoms with Crippen LogP contribution in [0.15, 0.2) is 6.33 Å². The minimum atomic E-state index is 0.361. The van der Waals surface area contributed by atoms with E-state index in [9.17, 15) is 4.79 Å². The summed E-state index contributed by atoms with van der Waals surface area (Å²) in [6, 6.07) is 0. The van der Waals surface area contributed by atoms with E-state index in [0.29, 0.717) is 5.82 Å². The normalized spacial score (nSPS) is 8.00. The maximum Gasteiger partial charge on any atom is 0.184 e. The van der Waals surface area contributed by atoms with Crippen LogP contribution in [0.3, 0.4) is 0 Å². The third-order valence-corrected chi connectivity index (χ3v) is 0.622. The summed E-state index contributed by atoms with van der Waals surface area (Å²) >= 11 is 0. The van der Waals surface area contributed by atoms with E-state index in [0.717, 1.165) is 6.08 Å². The molecular weight excluding hydrogens is 106 g/mol. The Kier molecular flexibility index (Phi) is 1.21. The van der Waals surface area contributed by atoms with Crippen molar-refractivity contribution in [1.82, 2.24) is 15.2 Å². The summed E-state index contributed by atoms with van der Waals surface area (Å²) in [5.74, 6) is 1.91. The molecule has 0 aromatic carbocycles. The Labute approximate surface area is 45.3 Å². The van der Waals surface area contributed by atoms with Crippen molar-refractivity contribution in [1.29, 1.82) is 0 Å². The van der Waals surface area contributed by atoms with Gasteiger partial charge in [0.2, 0.25) is 0 Å². The van der Waals surface area contributed by atoms with Crippen LogP contribution in [0.4, 0.5) is 0 Å². The lowest BCUT2D eigenvalue weighted by Crippen LogP contribution is -1.72. The highest BCUT2D eigenvalue weighted by molar-refractivity contribution is 5.71. The molecule has 1 heterocycles.